The van der Waals surface area contributed by atoms with Gasteiger partial charge in [-0.05, 0) is 55.5 Å². The maximum atomic E-state index is 12.6. The summed E-state index contributed by atoms with van der Waals surface area (Å²) < 4.78 is 12.1. The van der Waals surface area contributed by atoms with E-state index in [2.05, 4.69) is 10.6 Å². The van der Waals surface area contributed by atoms with E-state index in [1.54, 1.807) is 18.7 Å². The SMILES string of the molecule is COC(=O)C1=C(C)NC(=S)NC1c1cn(-c2ccccc2)nc1-c1ccc(OC)cc1. The quantitative estimate of drug-likeness (QED) is 0.470. The number of carbonyl (C=O) groups is 1. The van der Waals surface area contributed by atoms with Crippen molar-refractivity contribution in [1.29, 1.82) is 0 Å². The lowest BCUT2D eigenvalue weighted by Crippen LogP contribution is -2.45. The number of hydrogen-bond acceptors (Lipinski definition) is 5. The first-order valence-electron chi connectivity index (χ1n) is 9.68. The zero-order valence-corrected chi connectivity index (χ0v) is 18.2. The fraction of sp³-hybridized carbons (Fsp3) is 0.174. The summed E-state index contributed by atoms with van der Waals surface area (Å²) in [6, 6.07) is 16.9. The first-order valence-corrected chi connectivity index (χ1v) is 10.1. The first kappa shape index (κ1) is 20.6. The van der Waals surface area contributed by atoms with Crippen LogP contribution in [0.3, 0.4) is 0 Å². The molecule has 0 saturated heterocycles. The zero-order chi connectivity index (χ0) is 22.0. The summed E-state index contributed by atoms with van der Waals surface area (Å²) >= 11 is 5.38. The van der Waals surface area contributed by atoms with Crippen molar-refractivity contribution < 1.29 is 14.3 Å². The molecule has 1 atom stereocenters. The van der Waals surface area contributed by atoms with Crippen LogP contribution in [0.5, 0.6) is 5.75 Å². The maximum absolute atomic E-state index is 12.6. The van der Waals surface area contributed by atoms with Crippen LogP contribution >= 0.6 is 12.2 Å². The second-order valence-electron chi connectivity index (χ2n) is 7.00. The molecule has 4 rings (SSSR count). The minimum Gasteiger partial charge on any atom is -0.497 e. The number of nitrogens with zero attached hydrogens (tertiary/aromatic N) is 2. The predicted octanol–water partition coefficient (Wildman–Crippen LogP) is 3.51. The van der Waals surface area contributed by atoms with Crippen LogP contribution in [0.2, 0.25) is 0 Å². The third-order valence-corrected chi connectivity index (χ3v) is 5.33. The molecule has 1 aliphatic rings. The Morgan fingerprint density at radius 2 is 1.81 bits per heavy atom. The van der Waals surface area contributed by atoms with Crippen molar-refractivity contribution >= 4 is 23.3 Å². The van der Waals surface area contributed by atoms with E-state index in [9.17, 15) is 4.79 Å². The lowest BCUT2D eigenvalue weighted by molar-refractivity contribution is -0.136. The number of aromatic nitrogens is 2. The Bertz CT molecular complexity index is 1150. The van der Waals surface area contributed by atoms with Gasteiger partial charge in [0.05, 0.1) is 37.2 Å². The number of allylic oxidation sites excluding steroid dienone is 1. The van der Waals surface area contributed by atoms with Gasteiger partial charge in [0.2, 0.25) is 0 Å². The topological polar surface area (TPSA) is 77.4 Å². The van der Waals surface area contributed by atoms with Gasteiger partial charge in [0.15, 0.2) is 5.11 Å². The highest BCUT2D eigenvalue weighted by molar-refractivity contribution is 7.80. The van der Waals surface area contributed by atoms with Gasteiger partial charge in [0.1, 0.15) is 5.75 Å². The average molecular weight is 435 g/mol. The number of thiocarbonyl (C=S) groups is 1. The van der Waals surface area contributed by atoms with E-state index in [0.717, 1.165) is 28.3 Å². The number of esters is 1. The molecule has 0 fully saturated rings. The molecule has 0 aliphatic carbocycles. The van der Waals surface area contributed by atoms with E-state index in [0.29, 0.717) is 16.4 Å². The van der Waals surface area contributed by atoms with Crippen LogP contribution in [0.25, 0.3) is 16.9 Å². The standard InChI is InChI=1S/C23H22N4O3S/c1-14-19(22(28)30-3)21(25-23(31)24-14)18-13-27(16-7-5-4-6-8-16)26-20(18)15-9-11-17(29-2)12-10-15/h4-13,21H,1-3H3,(H2,24,25,31). The summed E-state index contributed by atoms with van der Waals surface area (Å²) in [5, 5.41) is 11.5. The fourth-order valence-electron chi connectivity index (χ4n) is 3.59. The van der Waals surface area contributed by atoms with Crippen molar-refractivity contribution in [2.75, 3.05) is 14.2 Å². The summed E-state index contributed by atoms with van der Waals surface area (Å²) in [5.41, 5.74) is 4.42. The maximum Gasteiger partial charge on any atom is 0.337 e. The van der Waals surface area contributed by atoms with Crippen molar-refractivity contribution in [3.8, 4) is 22.7 Å². The molecular formula is C23H22N4O3S. The van der Waals surface area contributed by atoms with Crippen molar-refractivity contribution in [1.82, 2.24) is 20.4 Å². The Morgan fingerprint density at radius 1 is 1.10 bits per heavy atom. The molecule has 2 heterocycles. The van der Waals surface area contributed by atoms with Gasteiger partial charge >= 0.3 is 5.97 Å². The Balaban J connectivity index is 1.90. The van der Waals surface area contributed by atoms with E-state index in [1.165, 1.54) is 7.11 Å². The summed E-state index contributed by atoms with van der Waals surface area (Å²) in [6.45, 7) is 1.81. The molecule has 2 N–H and O–H groups in total. The summed E-state index contributed by atoms with van der Waals surface area (Å²) in [6.07, 6.45) is 1.91. The lowest BCUT2D eigenvalue weighted by atomic mass is 9.94. The number of hydrogen-bond donors (Lipinski definition) is 2. The average Bonchev–Trinajstić information content (AvgIpc) is 3.24. The zero-order valence-electron chi connectivity index (χ0n) is 17.4. The normalized spacial score (nSPS) is 15.8. The molecule has 0 radical (unpaired) electrons. The molecule has 1 aliphatic heterocycles. The summed E-state index contributed by atoms with van der Waals surface area (Å²) in [5.74, 6) is 0.318. The Labute approximate surface area is 185 Å². The molecule has 7 nitrogen and oxygen atoms in total. The van der Waals surface area contributed by atoms with Crippen LogP contribution in [0, 0.1) is 0 Å². The number of benzene rings is 2. The fourth-order valence-corrected chi connectivity index (χ4v) is 3.86. The van der Waals surface area contributed by atoms with Crippen LogP contribution in [0.1, 0.15) is 18.5 Å². The van der Waals surface area contributed by atoms with Crippen LogP contribution in [-0.4, -0.2) is 35.1 Å². The summed E-state index contributed by atoms with van der Waals surface area (Å²) in [7, 11) is 2.99. The number of para-hydroxylation sites is 1. The van der Waals surface area contributed by atoms with E-state index < -0.39 is 12.0 Å². The van der Waals surface area contributed by atoms with Crippen LogP contribution in [0.4, 0.5) is 0 Å². The molecule has 0 bridgehead atoms. The largest absolute Gasteiger partial charge is 0.497 e. The second kappa shape index (κ2) is 8.61. The van der Waals surface area contributed by atoms with Gasteiger partial charge in [0.25, 0.3) is 0 Å². The molecule has 8 heteroatoms. The molecule has 0 spiro atoms. The van der Waals surface area contributed by atoms with Gasteiger partial charge in [-0.3, -0.25) is 0 Å². The minimum atomic E-state index is -0.518. The predicted molar refractivity (Wildman–Crippen MR) is 122 cm³/mol. The summed E-state index contributed by atoms with van der Waals surface area (Å²) in [4.78, 5) is 12.6. The van der Waals surface area contributed by atoms with Crippen molar-refractivity contribution in [3.05, 3.63) is 77.6 Å². The van der Waals surface area contributed by atoms with Gasteiger partial charge in [-0.1, -0.05) is 18.2 Å². The molecule has 158 valence electrons. The monoisotopic (exact) mass is 434 g/mol. The Morgan fingerprint density at radius 3 is 2.45 bits per heavy atom. The van der Waals surface area contributed by atoms with Gasteiger partial charge in [-0.25, -0.2) is 9.48 Å². The third-order valence-electron chi connectivity index (χ3n) is 5.11. The molecule has 1 unspecified atom stereocenters. The molecule has 0 amide bonds. The minimum absolute atomic E-state index is 0.432. The van der Waals surface area contributed by atoms with Crippen LogP contribution in [-0.2, 0) is 9.53 Å². The number of nitrogens with one attached hydrogen (secondary N) is 2. The molecule has 3 aromatic rings. The van der Waals surface area contributed by atoms with E-state index in [4.69, 9.17) is 26.8 Å². The van der Waals surface area contributed by atoms with Gasteiger partial charge in [0, 0.05) is 23.0 Å². The Kier molecular flexibility index (Phi) is 5.73. The number of ether oxygens (including phenoxy) is 2. The van der Waals surface area contributed by atoms with Crippen molar-refractivity contribution in [3.63, 3.8) is 0 Å². The Hall–Kier alpha value is -3.65. The van der Waals surface area contributed by atoms with E-state index in [1.807, 2.05) is 60.8 Å². The number of methoxy groups -OCH3 is 2. The third kappa shape index (κ3) is 4.02. The molecule has 1 aromatic heterocycles. The van der Waals surface area contributed by atoms with Gasteiger partial charge in [-0.2, -0.15) is 5.10 Å². The number of rotatable bonds is 5. The molecule has 31 heavy (non-hydrogen) atoms. The van der Waals surface area contributed by atoms with Gasteiger partial charge < -0.3 is 20.1 Å². The second-order valence-corrected chi connectivity index (χ2v) is 7.41. The number of carbonyl (C=O) groups excluding carboxylic acids is 1. The highest BCUT2D eigenvalue weighted by Gasteiger charge is 2.33. The highest BCUT2D eigenvalue weighted by Crippen LogP contribution is 2.35. The van der Waals surface area contributed by atoms with Gasteiger partial charge in [-0.15, -0.1) is 0 Å². The highest BCUT2D eigenvalue weighted by atomic mass is 32.1. The van der Waals surface area contributed by atoms with Crippen LogP contribution in [0.15, 0.2) is 72.1 Å². The molecular weight excluding hydrogens is 412 g/mol. The van der Waals surface area contributed by atoms with Crippen LogP contribution < -0.4 is 15.4 Å². The van der Waals surface area contributed by atoms with Crippen molar-refractivity contribution in [2.24, 2.45) is 0 Å². The first-order chi connectivity index (χ1) is 15.0. The van der Waals surface area contributed by atoms with Crippen molar-refractivity contribution in [2.45, 2.75) is 13.0 Å². The molecule has 0 saturated carbocycles. The lowest BCUT2D eigenvalue weighted by Gasteiger charge is -2.29. The smallest absolute Gasteiger partial charge is 0.337 e. The van der Waals surface area contributed by atoms with E-state index in [-0.39, 0.29) is 0 Å². The van der Waals surface area contributed by atoms with E-state index >= 15 is 0 Å². The molecule has 2 aromatic carbocycles.